The van der Waals surface area contributed by atoms with Crippen molar-refractivity contribution < 1.29 is 9.15 Å². The molecule has 2 rings (SSSR count). The van der Waals surface area contributed by atoms with Gasteiger partial charge in [0, 0.05) is 18.7 Å². The summed E-state index contributed by atoms with van der Waals surface area (Å²) < 4.78 is 11.5. The third kappa shape index (κ3) is 5.81. The molecule has 0 spiro atoms. The molecular weight excluding hydrogens is 264 g/mol. The summed E-state index contributed by atoms with van der Waals surface area (Å²) in [6.07, 6.45) is 5.22. The van der Waals surface area contributed by atoms with Gasteiger partial charge in [0.05, 0.1) is 6.61 Å². The molecule has 1 aromatic rings. The molecule has 1 aliphatic heterocycles. The van der Waals surface area contributed by atoms with E-state index in [-0.39, 0.29) is 0 Å². The molecule has 0 aliphatic carbocycles. The molecule has 1 fully saturated rings. The second-order valence-corrected chi connectivity index (χ2v) is 5.93. The number of nitrogens with zero attached hydrogens (tertiary/aromatic N) is 1. The Morgan fingerprint density at radius 2 is 2.10 bits per heavy atom. The summed E-state index contributed by atoms with van der Waals surface area (Å²) in [6, 6.07) is 2.12. The van der Waals surface area contributed by atoms with Crippen LogP contribution in [0.2, 0.25) is 0 Å². The van der Waals surface area contributed by atoms with Crippen LogP contribution in [0.5, 0.6) is 0 Å². The molecule has 0 radical (unpaired) electrons. The van der Waals surface area contributed by atoms with Gasteiger partial charge in [-0.15, -0.1) is 0 Å². The molecule has 0 amide bonds. The number of aryl methyl sites for hydroxylation is 1. The lowest BCUT2D eigenvalue weighted by Crippen LogP contribution is -2.32. The maximum atomic E-state index is 5.76. The molecular formula is C17H30N2O2. The third-order valence-electron chi connectivity index (χ3n) is 4.06. The number of hydrogen-bond donors (Lipinski definition) is 1. The van der Waals surface area contributed by atoms with Crippen molar-refractivity contribution in [1.29, 1.82) is 0 Å². The molecule has 0 saturated carbocycles. The van der Waals surface area contributed by atoms with Crippen LogP contribution in [0.25, 0.3) is 0 Å². The molecule has 4 nitrogen and oxygen atoms in total. The van der Waals surface area contributed by atoms with E-state index in [2.05, 4.69) is 23.2 Å². The Bertz CT molecular complexity index is 397. The Balaban J connectivity index is 1.64. The van der Waals surface area contributed by atoms with Gasteiger partial charge < -0.3 is 19.4 Å². The largest absolute Gasteiger partial charge is 0.464 e. The lowest BCUT2D eigenvalue weighted by Gasteiger charge is -2.25. The van der Waals surface area contributed by atoms with Crippen molar-refractivity contribution >= 4 is 0 Å². The number of likely N-dealkylation sites (tertiary alicyclic amines) is 1. The van der Waals surface area contributed by atoms with E-state index >= 15 is 0 Å². The summed E-state index contributed by atoms with van der Waals surface area (Å²) in [7, 11) is 0. The Kier molecular flexibility index (Phi) is 7.27. The number of ether oxygens (including phenoxy) is 1. The van der Waals surface area contributed by atoms with Gasteiger partial charge in [-0.2, -0.15) is 0 Å². The number of rotatable bonds is 9. The van der Waals surface area contributed by atoms with Crippen molar-refractivity contribution in [3.05, 3.63) is 23.2 Å². The Labute approximate surface area is 128 Å². The topological polar surface area (TPSA) is 37.6 Å². The van der Waals surface area contributed by atoms with Gasteiger partial charge in [-0.25, -0.2) is 0 Å². The predicted molar refractivity (Wildman–Crippen MR) is 85.4 cm³/mol. The fraction of sp³-hybridized carbons (Fsp3) is 0.765. The molecule has 0 bridgehead atoms. The van der Waals surface area contributed by atoms with Crippen molar-refractivity contribution in [3.8, 4) is 0 Å². The minimum Gasteiger partial charge on any atom is -0.464 e. The highest BCUT2D eigenvalue weighted by molar-refractivity contribution is 5.20. The minimum atomic E-state index is 0.586. The lowest BCUT2D eigenvalue weighted by molar-refractivity contribution is 0.0761. The zero-order valence-corrected chi connectivity index (χ0v) is 13.6. The molecule has 4 heteroatoms. The average molecular weight is 294 g/mol. The van der Waals surface area contributed by atoms with Crippen molar-refractivity contribution in [1.82, 2.24) is 10.2 Å². The molecule has 1 aliphatic rings. The quantitative estimate of drug-likeness (QED) is 0.710. The SMILES string of the molecule is CCCNCc1cc(COCCN2CCCCC2)oc1C. The first-order valence-electron chi connectivity index (χ1n) is 8.38. The van der Waals surface area contributed by atoms with Gasteiger partial charge in [0.25, 0.3) is 0 Å². The van der Waals surface area contributed by atoms with Crippen LogP contribution in [0.3, 0.4) is 0 Å². The summed E-state index contributed by atoms with van der Waals surface area (Å²) >= 11 is 0. The molecule has 0 aromatic carbocycles. The summed E-state index contributed by atoms with van der Waals surface area (Å²) in [6.45, 7) is 11.0. The van der Waals surface area contributed by atoms with E-state index in [1.54, 1.807) is 0 Å². The zero-order chi connectivity index (χ0) is 14.9. The highest BCUT2D eigenvalue weighted by atomic mass is 16.5. The van der Waals surface area contributed by atoms with Crippen LogP contribution in [0, 0.1) is 6.92 Å². The summed E-state index contributed by atoms with van der Waals surface area (Å²) in [5.74, 6) is 1.95. The highest BCUT2D eigenvalue weighted by Crippen LogP contribution is 2.15. The third-order valence-corrected chi connectivity index (χ3v) is 4.06. The molecule has 0 atom stereocenters. The van der Waals surface area contributed by atoms with E-state index in [1.165, 1.54) is 37.9 Å². The van der Waals surface area contributed by atoms with Gasteiger partial charge in [-0.05, 0) is 51.9 Å². The second-order valence-electron chi connectivity index (χ2n) is 5.93. The monoisotopic (exact) mass is 294 g/mol. The van der Waals surface area contributed by atoms with Crippen LogP contribution >= 0.6 is 0 Å². The van der Waals surface area contributed by atoms with Gasteiger partial charge in [-0.1, -0.05) is 13.3 Å². The lowest BCUT2D eigenvalue weighted by atomic mass is 10.1. The van der Waals surface area contributed by atoms with Crippen molar-refractivity contribution in [2.24, 2.45) is 0 Å². The van der Waals surface area contributed by atoms with E-state index in [1.807, 2.05) is 6.92 Å². The summed E-state index contributed by atoms with van der Waals surface area (Å²) in [5.41, 5.74) is 1.25. The zero-order valence-electron chi connectivity index (χ0n) is 13.6. The van der Waals surface area contributed by atoms with E-state index in [4.69, 9.17) is 9.15 Å². The minimum absolute atomic E-state index is 0.586. The number of piperidine rings is 1. The fourth-order valence-corrected chi connectivity index (χ4v) is 2.78. The van der Waals surface area contributed by atoms with Crippen LogP contribution < -0.4 is 5.32 Å². The van der Waals surface area contributed by atoms with E-state index in [9.17, 15) is 0 Å². The van der Waals surface area contributed by atoms with Gasteiger partial charge in [0.15, 0.2) is 0 Å². The Hall–Kier alpha value is -0.840. The van der Waals surface area contributed by atoms with Crippen LogP contribution in [0.1, 0.15) is 49.7 Å². The maximum Gasteiger partial charge on any atom is 0.130 e. The first kappa shape index (κ1) is 16.5. The average Bonchev–Trinajstić information content (AvgIpc) is 2.85. The smallest absolute Gasteiger partial charge is 0.130 e. The maximum absolute atomic E-state index is 5.76. The first-order valence-corrected chi connectivity index (χ1v) is 8.38. The first-order chi connectivity index (χ1) is 10.3. The molecule has 1 aromatic heterocycles. The molecule has 0 unspecified atom stereocenters. The van der Waals surface area contributed by atoms with Crippen LogP contribution in [-0.2, 0) is 17.9 Å². The number of furan rings is 1. The molecule has 1 N–H and O–H groups in total. The normalized spacial score (nSPS) is 16.5. The van der Waals surface area contributed by atoms with E-state index < -0.39 is 0 Å². The summed E-state index contributed by atoms with van der Waals surface area (Å²) in [5, 5.41) is 3.41. The fourth-order valence-electron chi connectivity index (χ4n) is 2.78. The van der Waals surface area contributed by atoms with Gasteiger partial charge in [0.2, 0.25) is 0 Å². The van der Waals surface area contributed by atoms with Gasteiger partial charge in [0.1, 0.15) is 18.1 Å². The van der Waals surface area contributed by atoms with Crippen molar-refractivity contribution in [3.63, 3.8) is 0 Å². The molecule has 2 heterocycles. The second kappa shape index (κ2) is 9.23. The van der Waals surface area contributed by atoms with Gasteiger partial charge >= 0.3 is 0 Å². The van der Waals surface area contributed by atoms with Gasteiger partial charge in [-0.3, -0.25) is 0 Å². The van der Waals surface area contributed by atoms with E-state index in [0.29, 0.717) is 6.61 Å². The Morgan fingerprint density at radius 1 is 1.29 bits per heavy atom. The molecule has 1 saturated heterocycles. The van der Waals surface area contributed by atoms with Crippen LogP contribution in [-0.4, -0.2) is 37.7 Å². The van der Waals surface area contributed by atoms with Crippen LogP contribution in [0.4, 0.5) is 0 Å². The van der Waals surface area contributed by atoms with Crippen molar-refractivity contribution in [2.45, 2.75) is 52.7 Å². The van der Waals surface area contributed by atoms with Crippen LogP contribution in [0.15, 0.2) is 10.5 Å². The molecule has 21 heavy (non-hydrogen) atoms. The van der Waals surface area contributed by atoms with Crippen molar-refractivity contribution in [2.75, 3.05) is 32.8 Å². The Morgan fingerprint density at radius 3 is 2.86 bits per heavy atom. The predicted octanol–water partition coefficient (Wildman–Crippen LogP) is 3.09. The number of nitrogens with one attached hydrogen (secondary N) is 1. The summed E-state index contributed by atoms with van der Waals surface area (Å²) in [4.78, 5) is 2.50. The number of hydrogen-bond acceptors (Lipinski definition) is 4. The molecule has 120 valence electrons. The van der Waals surface area contributed by atoms with E-state index in [0.717, 1.165) is 44.2 Å². The highest BCUT2D eigenvalue weighted by Gasteiger charge is 2.10. The standard InChI is InChI=1S/C17H30N2O2/c1-3-7-18-13-16-12-17(21-15(16)2)14-20-11-10-19-8-5-4-6-9-19/h12,18H,3-11,13-14H2,1-2H3.